The Bertz CT molecular complexity index is 660. The maximum atomic E-state index is 9.14. The van der Waals surface area contributed by atoms with Crippen molar-refractivity contribution >= 4 is 16.6 Å². The number of aromatic nitrogens is 3. The number of nitrogens with zero attached hydrogens (tertiary/aromatic N) is 2. The topological polar surface area (TPSA) is 73.8 Å². The zero-order valence-corrected chi connectivity index (χ0v) is 9.59. The second-order valence-electron chi connectivity index (χ2n) is 4.03. The molecule has 5 heteroatoms. The molecule has 2 heterocycles. The van der Waals surface area contributed by atoms with Gasteiger partial charge in [-0.3, -0.25) is 10.1 Å². The molecule has 0 aliphatic heterocycles. The molecule has 0 saturated heterocycles. The predicted molar refractivity (Wildman–Crippen MR) is 69.3 cm³/mol. The van der Waals surface area contributed by atoms with Crippen LogP contribution in [0, 0.1) is 0 Å². The molecule has 0 aliphatic rings. The highest BCUT2D eigenvalue weighted by Gasteiger charge is 1.99. The van der Waals surface area contributed by atoms with Gasteiger partial charge in [-0.15, -0.1) is 0 Å². The van der Waals surface area contributed by atoms with Crippen LogP contribution in [0.3, 0.4) is 0 Å². The molecule has 0 saturated carbocycles. The van der Waals surface area contributed by atoms with E-state index in [1.54, 1.807) is 18.3 Å². The predicted octanol–water partition coefficient (Wildman–Crippen LogP) is 2.28. The fourth-order valence-electron chi connectivity index (χ4n) is 1.76. The van der Waals surface area contributed by atoms with Crippen molar-refractivity contribution in [1.82, 2.24) is 15.2 Å². The van der Waals surface area contributed by atoms with Gasteiger partial charge in [0.25, 0.3) is 0 Å². The van der Waals surface area contributed by atoms with E-state index in [0.717, 1.165) is 22.3 Å². The zero-order chi connectivity index (χ0) is 12.4. The number of aromatic hydroxyl groups is 1. The first-order valence-corrected chi connectivity index (χ1v) is 5.62. The SMILES string of the molecule is Oc1ccc(CNc2ccc3cn[nH]c3c2)nc1. The van der Waals surface area contributed by atoms with Crippen LogP contribution >= 0.6 is 0 Å². The summed E-state index contributed by atoms with van der Waals surface area (Å²) in [6.07, 6.45) is 3.23. The number of fused-ring (bicyclic) bond motifs is 1. The van der Waals surface area contributed by atoms with Crippen molar-refractivity contribution in [2.24, 2.45) is 0 Å². The highest BCUT2D eigenvalue weighted by Crippen LogP contribution is 2.17. The maximum absolute atomic E-state index is 9.14. The van der Waals surface area contributed by atoms with Crippen molar-refractivity contribution < 1.29 is 5.11 Å². The van der Waals surface area contributed by atoms with Gasteiger partial charge in [-0.05, 0) is 30.3 Å². The summed E-state index contributed by atoms with van der Waals surface area (Å²) < 4.78 is 0. The molecule has 0 amide bonds. The second kappa shape index (κ2) is 4.37. The number of benzene rings is 1. The summed E-state index contributed by atoms with van der Waals surface area (Å²) in [5.74, 6) is 0.178. The van der Waals surface area contributed by atoms with Crippen LogP contribution in [0.2, 0.25) is 0 Å². The minimum absolute atomic E-state index is 0.178. The Balaban J connectivity index is 1.74. The van der Waals surface area contributed by atoms with Gasteiger partial charge in [0.2, 0.25) is 0 Å². The van der Waals surface area contributed by atoms with Crippen LogP contribution in [0.1, 0.15) is 5.69 Å². The van der Waals surface area contributed by atoms with E-state index in [4.69, 9.17) is 5.11 Å². The van der Waals surface area contributed by atoms with Crippen molar-refractivity contribution in [3.8, 4) is 5.75 Å². The molecule has 90 valence electrons. The third-order valence-corrected chi connectivity index (χ3v) is 2.72. The molecule has 3 aromatic rings. The van der Waals surface area contributed by atoms with E-state index in [2.05, 4.69) is 20.5 Å². The molecule has 0 spiro atoms. The van der Waals surface area contributed by atoms with Crippen LogP contribution in [0.4, 0.5) is 5.69 Å². The quantitative estimate of drug-likeness (QED) is 0.656. The largest absolute Gasteiger partial charge is 0.506 e. The van der Waals surface area contributed by atoms with Crippen molar-refractivity contribution in [2.75, 3.05) is 5.32 Å². The van der Waals surface area contributed by atoms with Gasteiger partial charge in [0.1, 0.15) is 5.75 Å². The number of nitrogens with one attached hydrogen (secondary N) is 2. The van der Waals surface area contributed by atoms with E-state index in [0.29, 0.717) is 6.54 Å². The third-order valence-electron chi connectivity index (χ3n) is 2.72. The van der Waals surface area contributed by atoms with Gasteiger partial charge in [0, 0.05) is 11.1 Å². The summed E-state index contributed by atoms with van der Waals surface area (Å²) in [7, 11) is 0. The third kappa shape index (κ3) is 2.10. The number of hydrogen-bond acceptors (Lipinski definition) is 4. The molecule has 0 aliphatic carbocycles. The van der Waals surface area contributed by atoms with Gasteiger partial charge in [0.05, 0.1) is 30.1 Å². The number of hydrogen-bond donors (Lipinski definition) is 3. The highest BCUT2D eigenvalue weighted by molar-refractivity contribution is 5.81. The van der Waals surface area contributed by atoms with Crippen LogP contribution in [-0.2, 0) is 6.54 Å². The monoisotopic (exact) mass is 240 g/mol. The first kappa shape index (κ1) is 10.6. The summed E-state index contributed by atoms with van der Waals surface area (Å²) in [6, 6.07) is 9.42. The average Bonchev–Trinajstić information content (AvgIpc) is 2.85. The molecule has 2 aromatic heterocycles. The number of pyridine rings is 1. The van der Waals surface area contributed by atoms with Crippen LogP contribution in [0.15, 0.2) is 42.7 Å². The fraction of sp³-hybridized carbons (Fsp3) is 0.0769. The molecule has 0 radical (unpaired) electrons. The molecule has 3 N–H and O–H groups in total. The van der Waals surface area contributed by atoms with Crippen LogP contribution in [-0.4, -0.2) is 20.3 Å². The van der Waals surface area contributed by atoms with E-state index < -0.39 is 0 Å². The number of rotatable bonds is 3. The first-order chi connectivity index (χ1) is 8.81. The van der Waals surface area contributed by atoms with Crippen molar-refractivity contribution in [2.45, 2.75) is 6.54 Å². The van der Waals surface area contributed by atoms with Crippen LogP contribution in [0.25, 0.3) is 10.9 Å². The Kier molecular flexibility index (Phi) is 2.57. The summed E-state index contributed by atoms with van der Waals surface area (Å²) in [6.45, 7) is 0.611. The molecule has 0 bridgehead atoms. The lowest BCUT2D eigenvalue weighted by molar-refractivity contribution is 0.472. The lowest BCUT2D eigenvalue weighted by atomic mass is 10.2. The average molecular weight is 240 g/mol. The maximum Gasteiger partial charge on any atom is 0.133 e. The number of anilines is 1. The second-order valence-corrected chi connectivity index (χ2v) is 4.03. The Hall–Kier alpha value is -2.56. The van der Waals surface area contributed by atoms with Gasteiger partial charge >= 0.3 is 0 Å². The van der Waals surface area contributed by atoms with Crippen molar-refractivity contribution in [3.63, 3.8) is 0 Å². The summed E-state index contributed by atoms with van der Waals surface area (Å²) in [4.78, 5) is 4.11. The fourth-order valence-corrected chi connectivity index (χ4v) is 1.76. The van der Waals surface area contributed by atoms with E-state index in [1.807, 2.05) is 18.2 Å². The van der Waals surface area contributed by atoms with Crippen molar-refractivity contribution in [3.05, 3.63) is 48.4 Å². The standard InChI is InChI=1S/C13H12N4O/c18-12-4-3-11(15-8-12)7-14-10-2-1-9-6-16-17-13(9)5-10/h1-6,8,14,18H,7H2,(H,16,17). The van der Waals surface area contributed by atoms with Crippen LogP contribution in [0.5, 0.6) is 5.75 Å². The first-order valence-electron chi connectivity index (χ1n) is 5.62. The minimum atomic E-state index is 0.178. The number of H-pyrrole nitrogens is 1. The van der Waals surface area contributed by atoms with E-state index in [-0.39, 0.29) is 5.75 Å². The lowest BCUT2D eigenvalue weighted by Gasteiger charge is -2.05. The molecule has 3 rings (SSSR count). The van der Waals surface area contributed by atoms with Gasteiger partial charge in [-0.25, -0.2) is 0 Å². The molecular formula is C13H12N4O. The molecule has 0 fully saturated rings. The van der Waals surface area contributed by atoms with E-state index >= 15 is 0 Å². The van der Waals surface area contributed by atoms with Gasteiger partial charge in [0.15, 0.2) is 0 Å². The van der Waals surface area contributed by atoms with E-state index in [1.165, 1.54) is 6.20 Å². The lowest BCUT2D eigenvalue weighted by Crippen LogP contribution is -2.00. The summed E-state index contributed by atoms with van der Waals surface area (Å²) in [5.41, 5.74) is 2.87. The molecule has 0 atom stereocenters. The smallest absolute Gasteiger partial charge is 0.133 e. The summed E-state index contributed by atoms with van der Waals surface area (Å²) >= 11 is 0. The Labute approximate surface area is 103 Å². The van der Waals surface area contributed by atoms with Crippen LogP contribution < -0.4 is 5.32 Å². The Morgan fingerprint density at radius 3 is 2.94 bits per heavy atom. The Morgan fingerprint density at radius 2 is 2.11 bits per heavy atom. The van der Waals surface area contributed by atoms with Gasteiger partial charge in [-0.2, -0.15) is 5.10 Å². The molecule has 0 unspecified atom stereocenters. The van der Waals surface area contributed by atoms with Crippen molar-refractivity contribution in [1.29, 1.82) is 0 Å². The molecule has 18 heavy (non-hydrogen) atoms. The minimum Gasteiger partial charge on any atom is -0.506 e. The molecule has 5 nitrogen and oxygen atoms in total. The van der Waals surface area contributed by atoms with E-state index in [9.17, 15) is 0 Å². The highest BCUT2D eigenvalue weighted by atomic mass is 16.3. The number of aromatic amines is 1. The van der Waals surface area contributed by atoms with Gasteiger partial charge in [-0.1, -0.05) is 0 Å². The molecular weight excluding hydrogens is 228 g/mol. The zero-order valence-electron chi connectivity index (χ0n) is 9.59. The normalized spacial score (nSPS) is 10.7. The Morgan fingerprint density at radius 1 is 1.17 bits per heavy atom. The molecule has 1 aromatic carbocycles. The summed E-state index contributed by atoms with van der Waals surface area (Å²) in [5, 5.41) is 20.4. The van der Waals surface area contributed by atoms with Gasteiger partial charge < -0.3 is 10.4 Å².